The molecular formula is C12H10ClN3O4S. The molecule has 0 fully saturated rings. The van der Waals surface area contributed by atoms with Gasteiger partial charge in [-0.05, 0) is 24.6 Å². The van der Waals surface area contributed by atoms with Crippen molar-refractivity contribution in [2.24, 2.45) is 0 Å². The second-order valence-electron chi connectivity index (χ2n) is 4.17. The van der Waals surface area contributed by atoms with Crippen LogP contribution in [0, 0.1) is 17.0 Å². The fourth-order valence-electron chi connectivity index (χ4n) is 1.70. The number of rotatable bonds is 4. The molecule has 1 aromatic heterocycles. The largest absolute Gasteiger partial charge is 0.277 e. The lowest BCUT2D eigenvalue weighted by Crippen LogP contribution is -2.14. The predicted octanol–water partition coefficient (Wildman–Crippen LogP) is 2.75. The van der Waals surface area contributed by atoms with Crippen LogP contribution in [0.5, 0.6) is 0 Å². The SMILES string of the molecule is Cc1cc([N+](=O)[O-])ccc1S(=O)(=O)Nc1cnccc1Cl. The highest BCUT2D eigenvalue weighted by Crippen LogP contribution is 2.26. The van der Waals surface area contributed by atoms with Gasteiger partial charge in [-0.2, -0.15) is 0 Å². The van der Waals surface area contributed by atoms with Crippen LogP contribution in [0.4, 0.5) is 11.4 Å². The monoisotopic (exact) mass is 327 g/mol. The number of benzene rings is 1. The lowest BCUT2D eigenvalue weighted by Gasteiger charge is -2.10. The van der Waals surface area contributed by atoms with Crippen LogP contribution in [-0.2, 0) is 10.0 Å². The number of aryl methyl sites for hydroxylation is 1. The van der Waals surface area contributed by atoms with Gasteiger partial charge in [-0.1, -0.05) is 11.6 Å². The first kappa shape index (κ1) is 15.2. The van der Waals surface area contributed by atoms with Crippen LogP contribution in [0.25, 0.3) is 0 Å². The Balaban J connectivity index is 2.41. The molecule has 1 N–H and O–H groups in total. The molecule has 21 heavy (non-hydrogen) atoms. The molecule has 0 spiro atoms. The van der Waals surface area contributed by atoms with Crippen LogP contribution in [0.3, 0.4) is 0 Å². The Morgan fingerprint density at radius 3 is 2.62 bits per heavy atom. The molecular weight excluding hydrogens is 318 g/mol. The first-order valence-corrected chi connectivity index (χ1v) is 7.55. The maximum atomic E-state index is 12.3. The van der Waals surface area contributed by atoms with Gasteiger partial charge in [0.05, 0.1) is 26.7 Å². The average Bonchev–Trinajstić information content (AvgIpc) is 2.40. The summed E-state index contributed by atoms with van der Waals surface area (Å²) >= 11 is 5.87. The van der Waals surface area contributed by atoms with Crippen molar-refractivity contribution >= 4 is 33.0 Å². The molecule has 7 nitrogen and oxygen atoms in total. The van der Waals surface area contributed by atoms with Gasteiger partial charge >= 0.3 is 0 Å². The van der Waals surface area contributed by atoms with E-state index >= 15 is 0 Å². The fourth-order valence-corrected chi connectivity index (χ4v) is 3.20. The van der Waals surface area contributed by atoms with Gasteiger partial charge in [-0.25, -0.2) is 8.42 Å². The van der Waals surface area contributed by atoms with Crippen LogP contribution in [0.15, 0.2) is 41.6 Å². The lowest BCUT2D eigenvalue weighted by atomic mass is 10.2. The van der Waals surface area contributed by atoms with Crippen molar-refractivity contribution in [3.05, 3.63) is 57.4 Å². The van der Waals surface area contributed by atoms with Crippen molar-refractivity contribution in [1.82, 2.24) is 4.98 Å². The molecule has 0 unspecified atom stereocenters. The van der Waals surface area contributed by atoms with Gasteiger partial charge in [-0.15, -0.1) is 0 Å². The molecule has 0 amide bonds. The molecule has 2 rings (SSSR count). The standard InChI is InChI=1S/C12H10ClN3O4S/c1-8-6-9(16(17)18)2-3-12(8)21(19,20)15-11-7-14-5-4-10(11)13/h2-7,15H,1H3. The molecule has 0 aliphatic heterocycles. The van der Waals surface area contributed by atoms with Crippen molar-refractivity contribution in [3.63, 3.8) is 0 Å². The zero-order chi connectivity index (χ0) is 15.6. The number of hydrogen-bond acceptors (Lipinski definition) is 5. The van der Waals surface area contributed by atoms with Gasteiger partial charge in [0, 0.05) is 18.3 Å². The fraction of sp³-hybridized carbons (Fsp3) is 0.0833. The summed E-state index contributed by atoms with van der Waals surface area (Å²) in [5.41, 5.74) is 0.222. The molecule has 0 saturated heterocycles. The molecule has 0 aliphatic rings. The summed E-state index contributed by atoms with van der Waals surface area (Å²) < 4.78 is 26.9. The summed E-state index contributed by atoms with van der Waals surface area (Å²) in [5.74, 6) is 0. The minimum Gasteiger partial charge on any atom is -0.277 e. The number of non-ortho nitro benzene ring substituents is 1. The third-order valence-corrected chi connectivity index (χ3v) is 4.53. The van der Waals surface area contributed by atoms with Crippen LogP contribution in [0.2, 0.25) is 5.02 Å². The van der Waals surface area contributed by atoms with Gasteiger partial charge in [-0.3, -0.25) is 19.8 Å². The summed E-state index contributed by atoms with van der Waals surface area (Å²) in [4.78, 5) is 13.8. The Kier molecular flexibility index (Phi) is 4.10. The van der Waals surface area contributed by atoms with Crippen molar-refractivity contribution in [2.45, 2.75) is 11.8 Å². The minimum absolute atomic E-state index is 0.0620. The number of nitrogens with one attached hydrogen (secondary N) is 1. The molecule has 0 aliphatic carbocycles. The molecule has 1 heterocycles. The van der Waals surface area contributed by atoms with E-state index in [1.165, 1.54) is 37.5 Å². The Bertz CT molecular complexity index is 808. The molecule has 2 aromatic rings. The summed E-state index contributed by atoms with van der Waals surface area (Å²) in [7, 11) is -3.91. The summed E-state index contributed by atoms with van der Waals surface area (Å²) in [6, 6.07) is 4.95. The van der Waals surface area contributed by atoms with Crippen molar-refractivity contribution in [1.29, 1.82) is 0 Å². The number of halogens is 1. The van der Waals surface area contributed by atoms with Crippen LogP contribution < -0.4 is 4.72 Å². The van der Waals surface area contributed by atoms with Gasteiger partial charge < -0.3 is 0 Å². The number of hydrogen-bond donors (Lipinski definition) is 1. The van der Waals surface area contributed by atoms with E-state index in [4.69, 9.17) is 11.6 Å². The van der Waals surface area contributed by atoms with E-state index in [1.807, 2.05) is 0 Å². The highest BCUT2D eigenvalue weighted by Gasteiger charge is 2.20. The van der Waals surface area contributed by atoms with Gasteiger partial charge in [0.25, 0.3) is 15.7 Å². The zero-order valence-electron chi connectivity index (χ0n) is 10.8. The van der Waals surface area contributed by atoms with Gasteiger partial charge in [0.2, 0.25) is 0 Å². The molecule has 1 aromatic carbocycles. The number of anilines is 1. The summed E-state index contributed by atoms with van der Waals surface area (Å²) in [5, 5.41) is 10.9. The molecule has 9 heteroatoms. The molecule has 0 atom stereocenters. The topological polar surface area (TPSA) is 102 Å². The Labute approximate surface area is 125 Å². The Hall–Kier alpha value is -2.19. The zero-order valence-corrected chi connectivity index (χ0v) is 12.4. The molecule has 0 radical (unpaired) electrons. The number of pyridine rings is 1. The van der Waals surface area contributed by atoms with Crippen LogP contribution in [-0.4, -0.2) is 18.3 Å². The maximum absolute atomic E-state index is 12.3. The second-order valence-corrected chi connectivity index (χ2v) is 6.23. The van der Waals surface area contributed by atoms with Crippen LogP contribution in [0.1, 0.15) is 5.56 Å². The molecule has 0 saturated carbocycles. The third kappa shape index (κ3) is 3.29. The number of nitro benzene ring substituents is 1. The molecule has 110 valence electrons. The third-order valence-electron chi connectivity index (χ3n) is 2.67. The highest BCUT2D eigenvalue weighted by atomic mass is 35.5. The number of nitro groups is 1. The normalized spacial score (nSPS) is 11.1. The first-order valence-electron chi connectivity index (χ1n) is 5.68. The van der Waals surface area contributed by atoms with E-state index < -0.39 is 14.9 Å². The van der Waals surface area contributed by atoms with Crippen LogP contribution >= 0.6 is 11.6 Å². The van der Waals surface area contributed by atoms with E-state index in [-0.39, 0.29) is 26.9 Å². The Morgan fingerprint density at radius 2 is 2.05 bits per heavy atom. The van der Waals surface area contributed by atoms with E-state index in [0.717, 1.165) is 6.07 Å². The predicted molar refractivity (Wildman–Crippen MR) is 77.9 cm³/mol. The number of aromatic nitrogens is 1. The van der Waals surface area contributed by atoms with Crippen molar-refractivity contribution in [2.75, 3.05) is 4.72 Å². The smallest absolute Gasteiger partial charge is 0.269 e. The lowest BCUT2D eigenvalue weighted by molar-refractivity contribution is -0.385. The van der Waals surface area contributed by atoms with Crippen molar-refractivity contribution in [3.8, 4) is 0 Å². The van der Waals surface area contributed by atoms with E-state index in [1.54, 1.807) is 0 Å². The van der Waals surface area contributed by atoms with E-state index in [2.05, 4.69) is 9.71 Å². The second kappa shape index (κ2) is 5.66. The minimum atomic E-state index is -3.91. The van der Waals surface area contributed by atoms with Gasteiger partial charge in [0.15, 0.2) is 0 Å². The maximum Gasteiger partial charge on any atom is 0.269 e. The molecule has 0 bridgehead atoms. The average molecular weight is 328 g/mol. The number of sulfonamides is 1. The quantitative estimate of drug-likeness (QED) is 0.687. The first-order chi connectivity index (χ1) is 9.81. The van der Waals surface area contributed by atoms with Crippen molar-refractivity contribution < 1.29 is 13.3 Å². The number of nitrogens with zero attached hydrogens (tertiary/aromatic N) is 2. The summed E-state index contributed by atoms with van der Waals surface area (Å²) in [6.45, 7) is 1.48. The summed E-state index contributed by atoms with van der Waals surface area (Å²) in [6.07, 6.45) is 2.71. The van der Waals surface area contributed by atoms with E-state index in [9.17, 15) is 18.5 Å². The van der Waals surface area contributed by atoms with Gasteiger partial charge in [0.1, 0.15) is 0 Å². The highest BCUT2D eigenvalue weighted by molar-refractivity contribution is 7.92. The Morgan fingerprint density at radius 1 is 1.33 bits per heavy atom. The van der Waals surface area contributed by atoms with E-state index in [0.29, 0.717) is 0 Å².